The second kappa shape index (κ2) is 8.58. The molecule has 0 spiro atoms. The summed E-state index contributed by atoms with van der Waals surface area (Å²) in [5, 5.41) is 15.4. The van der Waals surface area contributed by atoms with Crippen LogP contribution in [0, 0.1) is 12.7 Å². The van der Waals surface area contributed by atoms with E-state index >= 15 is 0 Å². The second-order valence-electron chi connectivity index (χ2n) is 8.71. The standard InChI is InChI=1S/C22H28FN5O3/c1-12-8-16(23)15(20(30)25-13-6-7-13)9-14(12)17-10-24-19(27-22(2,3)11-29)18(26-17)21(31)28(4)5/h8-10,13,29H,6-7,11H2,1-5H3,(H,24,27)(H,25,30). The third kappa shape index (κ3) is 5.16. The van der Waals surface area contributed by atoms with Crippen LogP contribution in [-0.2, 0) is 0 Å². The number of hydrogen-bond acceptors (Lipinski definition) is 6. The number of nitrogens with one attached hydrogen (secondary N) is 2. The van der Waals surface area contributed by atoms with E-state index in [2.05, 4.69) is 20.6 Å². The molecular weight excluding hydrogens is 401 g/mol. The third-order valence-corrected chi connectivity index (χ3v) is 4.98. The number of nitrogens with zero attached hydrogens (tertiary/aromatic N) is 3. The SMILES string of the molecule is Cc1cc(F)c(C(=O)NC2CC2)cc1-c1cnc(NC(C)(C)CO)c(C(=O)N(C)C)n1. The summed E-state index contributed by atoms with van der Waals surface area (Å²) in [7, 11) is 3.20. The lowest BCUT2D eigenvalue weighted by molar-refractivity contribution is 0.0822. The number of halogens is 1. The normalized spacial score (nSPS) is 13.6. The molecule has 0 bridgehead atoms. The molecule has 0 unspecified atom stereocenters. The Morgan fingerprint density at radius 3 is 2.55 bits per heavy atom. The van der Waals surface area contributed by atoms with E-state index < -0.39 is 17.3 Å². The summed E-state index contributed by atoms with van der Waals surface area (Å²) in [5.41, 5.74) is 0.688. The second-order valence-corrected chi connectivity index (χ2v) is 8.71. The van der Waals surface area contributed by atoms with E-state index in [1.54, 1.807) is 34.9 Å². The van der Waals surface area contributed by atoms with Crippen LogP contribution in [0.15, 0.2) is 18.3 Å². The summed E-state index contributed by atoms with van der Waals surface area (Å²) in [4.78, 5) is 35.4. The fourth-order valence-corrected chi connectivity index (χ4v) is 2.94. The van der Waals surface area contributed by atoms with Crippen molar-refractivity contribution >= 4 is 17.6 Å². The highest BCUT2D eigenvalue weighted by atomic mass is 19.1. The van der Waals surface area contributed by atoms with Gasteiger partial charge in [0, 0.05) is 25.7 Å². The number of aromatic nitrogens is 2. The van der Waals surface area contributed by atoms with Crippen LogP contribution in [-0.4, -0.2) is 64.1 Å². The van der Waals surface area contributed by atoms with Gasteiger partial charge in [0.05, 0.1) is 29.6 Å². The number of anilines is 1. The molecule has 1 saturated carbocycles. The van der Waals surface area contributed by atoms with Gasteiger partial charge < -0.3 is 20.6 Å². The fraction of sp³-hybridized carbons (Fsp3) is 0.455. The van der Waals surface area contributed by atoms with Crippen molar-refractivity contribution in [2.24, 2.45) is 0 Å². The molecule has 1 aromatic heterocycles. The first kappa shape index (κ1) is 22.6. The topological polar surface area (TPSA) is 107 Å². The molecule has 1 aromatic carbocycles. The van der Waals surface area contributed by atoms with E-state index in [1.807, 2.05) is 0 Å². The maximum absolute atomic E-state index is 14.5. The molecule has 1 aliphatic rings. The number of carbonyl (C=O) groups excluding carboxylic acids is 2. The monoisotopic (exact) mass is 429 g/mol. The van der Waals surface area contributed by atoms with E-state index in [0.717, 1.165) is 12.8 Å². The minimum Gasteiger partial charge on any atom is -0.394 e. The zero-order valence-electron chi connectivity index (χ0n) is 18.4. The van der Waals surface area contributed by atoms with E-state index in [-0.39, 0.29) is 35.6 Å². The first-order valence-electron chi connectivity index (χ1n) is 10.1. The van der Waals surface area contributed by atoms with Crippen LogP contribution in [0.5, 0.6) is 0 Å². The number of carbonyl (C=O) groups is 2. The Morgan fingerprint density at radius 1 is 1.29 bits per heavy atom. The van der Waals surface area contributed by atoms with Crippen molar-refractivity contribution in [3.05, 3.63) is 41.0 Å². The molecule has 0 atom stereocenters. The number of rotatable bonds is 7. The van der Waals surface area contributed by atoms with Gasteiger partial charge >= 0.3 is 0 Å². The minimum atomic E-state index is -0.725. The predicted molar refractivity (Wildman–Crippen MR) is 115 cm³/mol. The van der Waals surface area contributed by atoms with Crippen LogP contribution in [0.2, 0.25) is 0 Å². The van der Waals surface area contributed by atoms with E-state index in [4.69, 9.17) is 0 Å². The number of aryl methyl sites for hydroxylation is 1. The Bertz CT molecular complexity index is 1020. The first-order chi connectivity index (χ1) is 14.5. The van der Waals surface area contributed by atoms with Gasteiger partial charge in [0.1, 0.15) is 5.82 Å². The molecule has 3 N–H and O–H groups in total. The van der Waals surface area contributed by atoms with Gasteiger partial charge in [0.2, 0.25) is 0 Å². The molecule has 3 rings (SSSR count). The lowest BCUT2D eigenvalue weighted by Gasteiger charge is -2.25. The molecule has 8 nitrogen and oxygen atoms in total. The Labute approximate surface area is 180 Å². The molecule has 0 aliphatic heterocycles. The molecule has 31 heavy (non-hydrogen) atoms. The molecule has 0 saturated heterocycles. The van der Waals surface area contributed by atoms with Crippen molar-refractivity contribution < 1.29 is 19.1 Å². The summed E-state index contributed by atoms with van der Waals surface area (Å²) in [6.07, 6.45) is 3.25. The van der Waals surface area contributed by atoms with Crippen molar-refractivity contribution in [1.29, 1.82) is 0 Å². The van der Waals surface area contributed by atoms with Crippen LogP contribution >= 0.6 is 0 Å². The van der Waals surface area contributed by atoms with E-state index in [9.17, 15) is 19.1 Å². The maximum atomic E-state index is 14.5. The zero-order valence-corrected chi connectivity index (χ0v) is 18.4. The number of amides is 2. The Kier molecular flexibility index (Phi) is 6.26. The predicted octanol–water partition coefficient (Wildman–Crippen LogP) is 2.37. The summed E-state index contributed by atoms with van der Waals surface area (Å²) < 4.78 is 14.5. The van der Waals surface area contributed by atoms with E-state index in [1.165, 1.54) is 23.2 Å². The van der Waals surface area contributed by atoms with Crippen molar-refractivity contribution in [3.63, 3.8) is 0 Å². The minimum absolute atomic E-state index is 0.0664. The number of benzene rings is 1. The summed E-state index contributed by atoms with van der Waals surface area (Å²) >= 11 is 0. The quantitative estimate of drug-likeness (QED) is 0.624. The number of aliphatic hydroxyl groups excluding tert-OH is 1. The van der Waals surface area contributed by atoms with Gasteiger partial charge in [-0.3, -0.25) is 9.59 Å². The molecular formula is C22H28FN5O3. The van der Waals surface area contributed by atoms with Crippen molar-refractivity contribution in [3.8, 4) is 11.3 Å². The van der Waals surface area contributed by atoms with Gasteiger partial charge in [-0.25, -0.2) is 14.4 Å². The van der Waals surface area contributed by atoms with Gasteiger partial charge in [-0.05, 0) is 51.3 Å². The van der Waals surface area contributed by atoms with Gasteiger partial charge in [-0.2, -0.15) is 0 Å². The first-order valence-corrected chi connectivity index (χ1v) is 10.1. The van der Waals surface area contributed by atoms with Crippen LogP contribution in [0.3, 0.4) is 0 Å². The smallest absolute Gasteiger partial charge is 0.275 e. The van der Waals surface area contributed by atoms with Crippen LogP contribution in [0.1, 0.15) is 53.1 Å². The summed E-state index contributed by atoms with van der Waals surface area (Å²) in [6, 6.07) is 2.83. The number of hydrogen-bond donors (Lipinski definition) is 3. The lowest BCUT2D eigenvalue weighted by atomic mass is 10.0. The van der Waals surface area contributed by atoms with E-state index in [0.29, 0.717) is 16.8 Å². The van der Waals surface area contributed by atoms with Crippen LogP contribution in [0.4, 0.5) is 10.2 Å². The summed E-state index contributed by atoms with van der Waals surface area (Å²) in [6.45, 7) is 5.06. The molecule has 0 radical (unpaired) electrons. The van der Waals surface area contributed by atoms with Crippen molar-refractivity contribution in [2.75, 3.05) is 26.0 Å². The number of aliphatic hydroxyl groups is 1. The van der Waals surface area contributed by atoms with Crippen LogP contribution in [0.25, 0.3) is 11.3 Å². The molecule has 1 heterocycles. The van der Waals surface area contributed by atoms with Gasteiger partial charge in [0.15, 0.2) is 11.5 Å². The third-order valence-electron chi connectivity index (χ3n) is 4.98. The molecule has 2 amide bonds. The average Bonchev–Trinajstić information content (AvgIpc) is 3.51. The maximum Gasteiger partial charge on any atom is 0.275 e. The lowest BCUT2D eigenvalue weighted by Crippen LogP contribution is -2.37. The molecule has 1 fully saturated rings. The molecule has 166 valence electrons. The average molecular weight is 429 g/mol. The largest absolute Gasteiger partial charge is 0.394 e. The summed E-state index contributed by atoms with van der Waals surface area (Å²) in [5.74, 6) is -1.23. The molecule has 1 aliphatic carbocycles. The molecule has 2 aromatic rings. The van der Waals surface area contributed by atoms with Gasteiger partial charge in [-0.1, -0.05) is 0 Å². The highest BCUT2D eigenvalue weighted by Crippen LogP contribution is 2.28. The Hall–Kier alpha value is -3.07. The van der Waals surface area contributed by atoms with Crippen molar-refractivity contribution in [2.45, 2.75) is 45.2 Å². The van der Waals surface area contributed by atoms with Gasteiger partial charge in [-0.15, -0.1) is 0 Å². The highest BCUT2D eigenvalue weighted by Gasteiger charge is 2.27. The highest BCUT2D eigenvalue weighted by molar-refractivity contribution is 5.98. The fourth-order valence-electron chi connectivity index (χ4n) is 2.94. The Balaban J connectivity index is 2.06. The molecule has 9 heteroatoms. The van der Waals surface area contributed by atoms with Gasteiger partial charge in [0.25, 0.3) is 11.8 Å². The Morgan fingerprint density at radius 2 is 1.97 bits per heavy atom. The van der Waals surface area contributed by atoms with Crippen molar-refractivity contribution in [1.82, 2.24) is 20.2 Å². The zero-order chi connectivity index (χ0) is 22.9. The van der Waals surface area contributed by atoms with Crippen LogP contribution < -0.4 is 10.6 Å².